The number of hydrogen-bond acceptors (Lipinski definition) is 4. The van der Waals surface area contributed by atoms with Gasteiger partial charge in [0.25, 0.3) is 0 Å². The number of piperidine rings is 1. The maximum absolute atomic E-state index is 5.86. The van der Waals surface area contributed by atoms with Crippen LogP contribution in [-0.2, 0) is 12.0 Å². The van der Waals surface area contributed by atoms with Gasteiger partial charge in [0.15, 0.2) is 5.96 Å². The number of guanidine groups is 1. The molecule has 1 atom stereocenters. The Morgan fingerprint density at radius 1 is 1.29 bits per heavy atom. The summed E-state index contributed by atoms with van der Waals surface area (Å²) < 4.78 is 5.86. The van der Waals surface area contributed by atoms with Crippen LogP contribution in [0.25, 0.3) is 0 Å². The number of aromatic nitrogens is 1. The summed E-state index contributed by atoms with van der Waals surface area (Å²) >= 11 is 0. The number of rotatable bonds is 5. The van der Waals surface area contributed by atoms with Crippen molar-refractivity contribution in [3.05, 3.63) is 48.2 Å². The molecule has 2 aromatic rings. The van der Waals surface area contributed by atoms with E-state index < -0.39 is 0 Å². The molecule has 1 saturated heterocycles. The number of para-hydroxylation sites is 1. The summed E-state index contributed by atoms with van der Waals surface area (Å²) in [6, 6.07) is 11.0. The Labute approximate surface area is 168 Å². The highest BCUT2D eigenvalue weighted by molar-refractivity contribution is 5.80. The number of aliphatic imine (C=N–C) groups is 1. The number of nitrogens with zero attached hydrogens (tertiary/aromatic N) is 3. The van der Waals surface area contributed by atoms with E-state index in [1.165, 1.54) is 12.1 Å². The summed E-state index contributed by atoms with van der Waals surface area (Å²) in [6.07, 6.45) is 4.12. The third kappa shape index (κ3) is 5.50. The van der Waals surface area contributed by atoms with Crippen LogP contribution in [0, 0.1) is 0 Å². The molecule has 0 aliphatic carbocycles. The Morgan fingerprint density at radius 3 is 2.75 bits per heavy atom. The molecule has 0 bridgehead atoms. The summed E-state index contributed by atoms with van der Waals surface area (Å²) in [6.45, 7) is 11.8. The van der Waals surface area contributed by atoms with Crippen molar-refractivity contribution in [1.82, 2.24) is 15.6 Å². The van der Waals surface area contributed by atoms with Gasteiger partial charge in [-0.05, 0) is 31.9 Å². The fraction of sp³-hybridized carbons (Fsp3) is 0.545. The molecule has 0 saturated carbocycles. The molecular formula is C22H33N5O. The molecule has 2 N–H and O–H groups in total. The van der Waals surface area contributed by atoms with Crippen LogP contribution in [0.4, 0.5) is 5.69 Å². The van der Waals surface area contributed by atoms with Gasteiger partial charge in [0, 0.05) is 36.8 Å². The first kappa shape index (κ1) is 20.2. The Bertz CT molecular complexity index is 763. The zero-order valence-electron chi connectivity index (χ0n) is 17.5. The van der Waals surface area contributed by atoms with Crippen molar-refractivity contribution >= 4 is 11.6 Å². The number of oxazole rings is 1. The summed E-state index contributed by atoms with van der Waals surface area (Å²) in [4.78, 5) is 11.5. The predicted octanol–water partition coefficient (Wildman–Crippen LogP) is 3.70. The Kier molecular flexibility index (Phi) is 6.60. The van der Waals surface area contributed by atoms with E-state index in [1.54, 1.807) is 0 Å². The lowest BCUT2D eigenvalue weighted by Crippen LogP contribution is -2.51. The van der Waals surface area contributed by atoms with Crippen LogP contribution in [0.1, 0.15) is 52.2 Å². The Morgan fingerprint density at radius 2 is 2.07 bits per heavy atom. The maximum Gasteiger partial charge on any atom is 0.216 e. The van der Waals surface area contributed by atoms with Gasteiger partial charge in [-0.1, -0.05) is 39.0 Å². The van der Waals surface area contributed by atoms with Crippen LogP contribution in [0.5, 0.6) is 0 Å². The van der Waals surface area contributed by atoms with Gasteiger partial charge in [0.1, 0.15) is 12.3 Å². The fourth-order valence-electron chi connectivity index (χ4n) is 3.36. The van der Waals surface area contributed by atoms with E-state index >= 15 is 0 Å². The van der Waals surface area contributed by atoms with E-state index in [4.69, 9.17) is 9.41 Å². The van der Waals surface area contributed by atoms with Gasteiger partial charge in [-0.2, -0.15) is 0 Å². The zero-order valence-corrected chi connectivity index (χ0v) is 17.5. The lowest BCUT2D eigenvalue weighted by atomic mass is 9.94. The molecule has 152 valence electrons. The number of benzene rings is 1. The highest BCUT2D eigenvalue weighted by Crippen LogP contribution is 2.23. The fourth-order valence-corrected chi connectivity index (χ4v) is 3.36. The summed E-state index contributed by atoms with van der Waals surface area (Å²) in [5.41, 5.74) is 1.24. The maximum atomic E-state index is 5.86. The van der Waals surface area contributed by atoms with Crippen LogP contribution in [0.15, 0.2) is 45.9 Å². The second-order valence-corrected chi connectivity index (χ2v) is 8.33. The average molecular weight is 384 g/mol. The van der Waals surface area contributed by atoms with Gasteiger partial charge >= 0.3 is 0 Å². The standard InChI is InChI=1S/C22H33N5O/c1-5-23-21(25-15-20-24-14-19(28-20)22(2,3)4)26-17-10-9-13-27(16-17)18-11-7-6-8-12-18/h6-8,11-12,14,17H,5,9-10,13,15-16H2,1-4H3,(H2,23,25,26). The number of hydrogen-bond donors (Lipinski definition) is 2. The first-order valence-corrected chi connectivity index (χ1v) is 10.3. The number of anilines is 1. The first-order valence-electron chi connectivity index (χ1n) is 10.3. The molecule has 0 radical (unpaired) electrons. The van der Waals surface area contributed by atoms with Gasteiger partial charge in [-0.3, -0.25) is 0 Å². The average Bonchev–Trinajstić information content (AvgIpc) is 3.17. The van der Waals surface area contributed by atoms with Gasteiger partial charge in [0.05, 0.1) is 6.20 Å². The van der Waals surface area contributed by atoms with Crippen LogP contribution < -0.4 is 15.5 Å². The van der Waals surface area contributed by atoms with Crippen LogP contribution in [0.3, 0.4) is 0 Å². The normalized spacial score (nSPS) is 18.2. The van der Waals surface area contributed by atoms with E-state index in [1.807, 2.05) is 6.20 Å². The molecule has 6 nitrogen and oxygen atoms in total. The first-order chi connectivity index (χ1) is 13.5. The van der Waals surface area contributed by atoms with Crippen molar-refractivity contribution in [2.45, 2.75) is 58.5 Å². The van der Waals surface area contributed by atoms with Gasteiger partial charge in [-0.15, -0.1) is 0 Å². The van der Waals surface area contributed by atoms with Gasteiger partial charge < -0.3 is 20.0 Å². The molecule has 1 fully saturated rings. The molecule has 3 rings (SSSR count). The molecule has 0 spiro atoms. The molecule has 0 amide bonds. The minimum absolute atomic E-state index is 0.0410. The van der Waals surface area contributed by atoms with E-state index in [0.717, 1.165) is 37.8 Å². The third-order valence-corrected chi connectivity index (χ3v) is 4.89. The third-order valence-electron chi connectivity index (χ3n) is 4.89. The van der Waals surface area contributed by atoms with Crippen molar-refractivity contribution in [3.8, 4) is 0 Å². The highest BCUT2D eigenvalue weighted by atomic mass is 16.4. The molecule has 2 heterocycles. The number of nitrogens with one attached hydrogen (secondary N) is 2. The van der Waals surface area contributed by atoms with Crippen LogP contribution in [0.2, 0.25) is 0 Å². The molecule has 1 aliphatic heterocycles. The lowest BCUT2D eigenvalue weighted by Gasteiger charge is -2.35. The minimum Gasteiger partial charge on any atom is -0.443 e. The predicted molar refractivity (Wildman–Crippen MR) is 115 cm³/mol. The van der Waals surface area contributed by atoms with Crippen LogP contribution >= 0.6 is 0 Å². The molecule has 1 aromatic carbocycles. The van der Waals surface area contributed by atoms with Crippen molar-refractivity contribution in [1.29, 1.82) is 0 Å². The lowest BCUT2D eigenvalue weighted by molar-refractivity contribution is 0.383. The largest absolute Gasteiger partial charge is 0.443 e. The van der Waals surface area contributed by atoms with E-state index in [-0.39, 0.29) is 5.41 Å². The van der Waals surface area contributed by atoms with Gasteiger partial charge in [0.2, 0.25) is 5.89 Å². The molecule has 28 heavy (non-hydrogen) atoms. The van der Waals surface area contributed by atoms with Crippen molar-refractivity contribution in [2.24, 2.45) is 4.99 Å². The molecule has 1 unspecified atom stereocenters. The second kappa shape index (κ2) is 9.13. The van der Waals surface area contributed by atoms with Gasteiger partial charge in [-0.25, -0.2) is 9.98 Å². The van der Waals surface area contributed by atoms with Crippen molar-refractivity contribution < 1.29 is 4.42 Å². The molecule has 1 aliphatic rings. The molecular weight excluding hydrogens is 350 g/mol. The van der Waals surface area contributed by atoms with Crippen molar-refractivity contribution in [3.63, 3.8) is 0 Å². The highest BCUT2D eigenvalue weighted by Gasteiger charge is 2.21. The van der Waals surface area contributed by atoms with E-state index in [2.05, 4.69) is 78.5 Å². The Balaban J connectivity index is 1.62. The topological polar surface area (TPSA) is 65.7 Å². The molecule has 1 aromatic heterocycles. The SMILES string of the molecule is CCNC(=NCc1ncc(C(C)(C)C)o1)NC1CCCN(c2ccccc2)C1. The van der Waals surface area contributed by atoms with Crippen molar-refractivity contribution in [2.75, 3.05) is 24.5 Å². The van der Waals surface area contributed by atoms with E-state index in [9.17, 15) is 0 Å². The smallest absolute Gasteiger partial charge is 0.216 e. The Hall–Kier alpha value is -2.50. The quantitative estimate of drug-likeness (QED) is 0.609. The monoisotopic (exact) mass is 383 g/mol. The molecule has 6 heteroatoms. The second-order valence-electron chi connectivity index (χ2n) is 8.33. The zero-order chi connectivity index (χ0) is 20.0. The summed E-state index contributed by atoms with van der Waals surface area (Å²) in [7, 11) is 0. The summed E-state index contributed by atoms with van der Waals surface area (Å²) in [5.74, 6) is 2.36. The minimum atomic E-state index is -0.0410. The van der Waals surface area contributed by atoms with Crippen LogP contribution in [-0.4, -0.2) is 36.6 Å². The summed E-state index contributed by atoms with van der Waals surface area (Å²) in [5, 5.41) is 6.93. The van der Waals surface area contributed by atoms with E-state index in [0.29, 0.717) is 18.5 Å².